The number of guanidine groups is 1. The molecule has 0 aromatic carbocycles. The summed E-state index contributed by atoms with van der Waals surface area (Å²) in [6.07, 6.45) is 6.29. The number of ether oxygens (including phenoxy) is 1. The zero-order chi connectivity index (χ0) is 19.9. The van der Waals surface area contributed by atoms with E-state index in [1.54, 1.807) is 19.0 Å². The van der Waals surface area contributed by atoms with E-state index in [1.807, 2.05) is 4.68 Å². The Labute approximate surface area is 190 Å². The maximum absolute atomic E-state index is 12.0. The molecule has 2 atom stereocenters. The van der Waals surface area contributed by atoms with E-state index in [2.05, 4.69) is 32.6 Å². The number of fused-ring (bicyclic) bond motifs is 1. The molecule has 10 heteroatoms. The molecule has 1 amide bonds. The van der Waals surface area contributed by atoms with Crippen LogP contribution in [0.25, 0.3) is 0 Å². The Kier molecular flexibility index (Phi) is 9.60. The number of nitrogens with one attached hydrogen (secondary N) is 2. The molecule has 2 aliphatic heterocycles. The van der Waals surface area contributed by atoms with Gasteiger partial charge in [-0.1, -0.05) is 6.92 Å². The van der Waals surface area contributed by atoms with Gasteiger partial charge < -0.3 is 20.3 Å². The normalized spacial score (nSPS) is 21.7. The van der Waals surface area contributed by atoms with Crippen LogP contribution in [0.1, 0.15) is 44.3 Å². The van der Waals surface area contributed by atoms with Crippen molar-refractivity contribution in [2.45, 2.75) is 64.1 Å². The van der Waals surface area contributed by atoms with E-state index < -0.39 is 0 Å². The van der Waals surface area contributed by atoms with Crippen molar-refractivity contribution in [3.8, 4) is 0 Å². The van der Waals surface area contributed by atoms with Crippen LogP contribution in [-0.4, -0.2) is 77.5 Å². The Hall–Kier alpha value is -1.43. The summed E-state index contributed by atoms with van der Waals surface area (Å²) >= 11 is 0. The maximum atomic E-state index is 12.0. The summed E-state index contributed by atoms with van der Waals surface area (Å²) in [5.74, 6) is 2.59. The summed E-state index contributed by atoms with van der Waals surface area (Å²) in [4.78, 5) is 22.6. The molecule has 2 N–H and O–H groups in total. The average Bonchev–Trinajstić information content (AvgIpc) is 3.13. The molecule has 0 radical (unpaired) electrons. The van der Waals surface area contributed by atoms with Crippen LogP contribution in [0.3, 0.4) is 0 Å². The lowest BCUT2D eigenvalue weighted by Crippen LogP contribution is -2.49. The molecule has 29 heavy (non-hydrogen) atoms. The quantitative estimate of drug-likeness (QED) is 0.331. The number of aryl methyl sites for hydroxylation is 2. The minimum Gasteiger partial charge on any atom is -0.376 e. The number of carbonyl (C=O) groups excluding carboxylic acids is 1. The maximum Gasteiger partial charge on any atom is 0.243 e. The van der Waals surface area contributed by atoms with Gasteiger partial charge >= 0.3 is 0 Å². The molecule has 0 aliphatic carbocycles. The Morgan fingerprint density at radius 1 is 1.34 bits per heavy atom. The first-order valence-electron chi connectivity index (χ1n) is 10.3. The second-order valence-corrected chi connectivity index (χ2v) is 7.68. The number of halogens is 1. The van der Waals surface area contributed by atoms with Gasteiger partial charge in [0, 0.05) is 46.1 Å². The number of rotatable bonds is 6. The summed E-state index contributed by atoms with van der Waals surface area (Å²) in [7, 11) is 3.49. The number of likely N-dealkylation sites (N-methyl/N-ethyl adjacent to an activating group) is 1. The molecule has 164 valence electrons. The number of hydrogen-bond donors (Lipinski definition) is 2. The second kappa shape index (κ2) is 11.7. The average molecular weight is 519 g/mol. The highest BCUT2D eigenvalue weighted by Gasteiger charge is 2.23. The topological polar surface area (TPSA) is 96.7 Å². The van der Waals surface area contributed by atoms with Crippen molar-refractivity contribution < 1.29 is 9.53 Å². The van der Waals surface area contributed by atoms with Crippen LogP contribution < -0.4 is 10.6 Å². The highest BCUT2D eigenvalue weighted by molar-refractivity contribution is 14.0. The lowest BCUT2D eigenvalue weighted by molar-refractivity contribution is -0.127. The van der Waals surface area contributed by atoms with Crippen LogP contribution in [0.5, 0.6) is 0 Å². The first-order chi connectivity index (χ1) is 13.5. The van der Waals surface area contributed by atoms with Crippen molar-refractivity contribution in [2.24, 2.45) is 4.99 Å². The van der Waals surface area contributed by atoms with Crippen LogP contribution in [0.15, 0.2) is 4.99 Å². The van der Waals surface area contributed by atoms with Gasteiger partial charge in [0.1, 0.15) is 12.4 Å². The molecule has 1 aromatic heterocycles. The van der Waals surface area contributed by atoms with Crippen LogP contribution in [0.2, 0.25) is 0 Å². The molecule has 1 fully saturated rings. The zero-order valence-corrected chi connectivity index (χ0v) is 20.0. The van der Waals surface area contributed by atoms with Crippen molar-refractivity contribution in [1.82, 2.24) is 30.3 Å². The summed E-state index contributed by atoms with van der Waals surface area (Å²) in [6.45, 7) is 4.46. The van der Waals surface area contributed by atoms with Crippen LogP contribution in [0, 0.1) is 0 Å². The number of aromatic nitrogens is 3. The lowest BCUT2D eigenvalue weighted by atomic mass is 10.1. The Morgan fingerprint density at radius 2 is 2.17 bits per heavy atom. The zero-order valence-electron chi connectivity index (χ0n) is 17.7. The van der Waals surface area contributed by atoms with E-state index in [0.29, 0.717) is 12.5 Å². The molecule has 3 heterocycles. The lowest BCUT2D eigenvalue weighted by Gasteiger charge is -2.27. The Morgan fingerprint density at radius 3 is 2.86 bits per heavy atom. The molecule has 9 nitrogen and oxygen atoms in total. The van der Waals surface area contributed by atoms with Crippen molar-refractivity contribution in [3.63, 3.8) is 0 Å². The number of aliphatic imine (C=N–C) groups is 1. The molecular formula is C19H34IN7O2. The van der Waals surface area contributed by atoms with Crippen LogP contribution in [-0.2, 0) is 28.9 Å². The third kappa shape index (κ3) is 7.09. The molecule has 2 aliphatic rings. The highest BCUT2D eigenvalue weighted by Crippen LogP contribution is 2.14. The van der Waals surface area contributed by atoms with E-state index in [-0.39, 0.29) is 48.6 Å². The van der Waals surface area contributed by atoms with Gasteiger partial charge in [0.15, 0.2) is 11.8 Å². The first-order valence-corrected chi connectivity index (χ1v) is 10.3. The summed E-state index contributed by atoms with van der Waals surface area (Å²) < 4.78 is 7.79. The summed E-state index contributed by atoms with van der Waals surface area (Å²) in [6, 6.07) is 0.201. The largest absolute Gasteiger partial charge is 0.376 e. The van der Waals surface area contributed by atoms with E-state index in [9.17, 15) is 4.79 Å². The number of hydrogen-bond acceptors (Lipinski definition) is 5. The first kappa shape index (κ1) is 23.8. The predicted octanol–water partition coefficient (Wildman–Crippen LogP) is 0.966. The number of nitrogens with zero attached hydrogens (tertiary/aromatic N) is 5. The van der Waals surface area contributed by atoms with Gasteiger partial charge in [-0.3, -0.25) is 4.79 Å². The van der Waals surface area contributed by atoms with E-state index >= 15 is 0 Å². The van der Waals surface area contributed by atoms with E-state index in [4.69, 9.17) is 4.74 Å². The van der Waals surface area contributed by atoms with Crippen molar-refractivity contribution in [2.75, 3.05) is 33.8 Å². The molecule has 2 unspecified atom stereocenters. The predicted molar refractivity (Wildman–Crippen MR) is 123 cm³/mol. The molecule has 1 saturated heterocycles. The van der Waals surface area contributed by atoms with Crippen molar-refractivity contribution >= 4 is 35.8 Å². The molecule has 0 bridgehead atoms. The summed E-state index contributed by atoms with van der Waals surface area (Å²) in [5.41, 5.74) is 0. The number of carbonyl (C=O) groups is 1. The molecule has 3 rings (SSSR count). The third-order valence-corrected chi connectivity index (χ3v) is 5.20. The fourth-order valence-electron chi connectivity index (χ4n) is 3.44. The third-order valence-electron chi connectivity index (χ3n) is 5.20. The van der Waals surface area contributed by atoms with Crippen molar-refractivity contribution in [3.05, 3.63) is 11.6 Å². The highest BCUT2D eigenvalue weighted by atomic mass is 127. The fraction of sp³-hybridized carbons (Fsp3) is 0.789. The van der Waals surface area contributed by atoms with Gasteiger partial charge in [0.05, 0.1) is 12.6 Å². The van der Waals surface area contributed by atoms with Gasteiger partial charge in [0.2, 0.25) is 5.91 Å². The minimum atomic E-state index is -0.0233. The van der Waals surface area contributed by atoms with Gasteiger partial charge in [-0.2, -0.15) is 5.10 Å². The van der Waals surface area contributed by atoms with Gasteiger partial charge in [-0.15, -0.1) is 24.0 Å². The second-order valence-electron chi connectivity index (χ2n) is 7.68. The van der Waals surface area contributed by atoms with Crippen LogP contribution in [0.4, 0.5) is 0 Å². The Balaban J connectivity index is 0.00000300. The molecule has 1 aromatic rings. The van der Waals surface area contributed by atoms with Crippen molar-refractivity contribution in [1.29, 1.82) is 0 Å². The van der Waals surface area contributed by atoms with Gasteiger partial charge in [-0.05, 0) is 25.7 Å². The Bertz CT molecular complexity index is 686. The fourth-order valence-corrected chi connectivity index (χ4v) is 3.44. The van der Waals surface area contributed by atoms with Crippen LogP contribution >= 0.6 is 24.0 Å². The standard InChI is InChI=1S/C19H33N7O2.HI/c1-4-16-23-17-9-8-14(13-26(17)24-16)22-19(21-12-18(27)25(2)3)20-11-15-7-5-6-10-28-15;/h14-15H,4-13H2,1-3H3,(H2,20,21,22);1H. The van der Waals surface area contributed by atoms with Gasteiger partial charge in [0.25, 0.3) is 0 Å². The van der Waals surface area contributed by atoms with Gasteiger partial charge in [-0.25, -0.2) is 14.7 Å². The monoisotopic (exact) mass is 519 g/mol. The summed E-state index contributed by atoms with van der Waals surface area (Å²) in [5, 5.41) is 11.4. The van der Waals surface area contributed by atoms with E-state index in [1.165, 1.54) is 6.42 Å². The van der Waals surface area contributed by atoms with E-state index in [0.717, 1.165) is 56.9 Å². The smallest absolute Gasteiger partial charge is 0.243 e. The minimum absolute atomic E-state index is 0. The molecule has 0 saturated carbocycles. The SMILES string of the molecule is CCc1nc2n(n1)CC(NC(=NCC(=O)N(C)C)NCC1CCCCO1)CC2.I. The molecular weight excluding hydrogens is 485 g/mol. The number of amides is 1. The molecule has 0 spiro atoms.